The maximum atomic E-state index is 4.60. The summed E-state index contributed by atoms with van der Waals surface area (Å²) in [6.07, 6.45) is 1.88. The van der Waals surface area contributed by atoms with E-state index < -0.39 is 0 Å². The van der Waals surface area contributed by atoms with Crippen molar-refractivity contribution in [3.05, 3.63) is 59.5 Å². The zero-order valence-corrected chi connectivity index (χ0v) is 13.0. The molecule has 0 saturated carbocycles. The van der Waals surface area contributed by atoms with Crippen molar-refractivity contribution in [2.24, 2.45) is 0 Å². The van der Waals surface area contributed by atoms with Gasteiger partial charge in [0.2, 0.25) is 0 Å². The predicted octanol–water partition coefficient (Wildman–Crippen LogP) is 3.11. The molecular weight excluding hydrogens is 272 g/mol. The minimum atomic E-state index is 0.511. The number of hydrogen-bond donors (Lipinski definition) is 0. The summed E-state index contributed by atoms with van der Waals surface area (Å²) in [6, 6.07) is 13.2. The lowest BCUT2D eigenvalue weighted by atomic mass is 10.0. The Balaban J connectivity index is 1.48. The number of likely N-dealkylation sites (tertiary alicyclic amines) is 1. The number of aryl methyl sites for hydroxylation is 2. The van der Waals surface area contributed by atoms with Crippen LogP contribution in [-0.4, -0.2) is 32.8 Å². The van der Waals surface area contributed by atoms with Gasteiger partial charge in [-0.1, -0.05) is 24.3 Å². The molecule has 2 aromatic heterocycles. The van der Waals surface area contributed by atoms with Gasteiger partial charge in [0.25, 0.3) is 0 Å². The lowest BCUT2D eigenvalue weighted by molar-refractivity contribution is 0.0897. The van der Waals surface area contributed by atoms with Crippen molar-refractivity contribution in [2.45, 2.75) is 26.4 Å². The Morgan fingerprint density at radius 3 is 2.73 bits per heavy atom. The van der Waals surface area contributed by atoms with Gasteiger partial charge in [0.1, 0.15) is 0 Å². The molecule has 3 aromatic rings. The first-order valence-electron chi connectivity index (χ1n) is 7.78. The van der Waals surface area contributed by atoms with E-state index in [0.29, 0.717) is 6.04 Å². The van der Waals surface area contributed by atoms with E-state index in [0.717, 1.165) is 30.8 Å². The molecule has 3 heterocycles. The van der Waals surface area contributed by atoms with Crippen molar-refractivity contribution in [2.75, 3.05) is 13.1 Å². The van der Waals surface area contributed by atoms with Crippen molar-refractivity contribution >= 4 is 10.9 Å². The lowest BCUT2D eigenvalue weighted by Crippen LogP contribution is -2.47. The van der Waals surface area contributed by atoms with Crippen molar-refractivity contribution < 1.29 is 0 Å². The summed E-state index contributed by atoms with van der Waals surface area (Å²) in [5.41, 5.74) is 4.80. The molecule has 112 valence electrons. The number of aromatic nitrogens is 3. The van der Waals surface area contributed by atoms with Crippen LogP contribution in [0.2, 0.25) is 0 Å². The van der Waals surface area contributed by atoms with Gasteiger partial charge in [0.05, 0.1) is 17.3 Å². The van der Waals surface area contributed by atoms with E-state index in [9.17, 15) is 0 Å². The van der Waals surface area contributed by atoms with Crippen molar-refractivity contribution in [1.29, 1.82) is 0 Å². The fourth-order valence-electron chi connectivity index (χ4n) is 3.38. The normalized spacial score (nSPS) is 16.1. The van der Waals surface area contributed by atoms with Crippen LogP contribution in [-0.2, 0) is 6.54 Å². The summed E-state index contributed by atoms with van der Waals surface area (Å²) < 4.78 is 2.17. The average molecular weight is 292 g/mol. The molecule has 0 atom stereocenters. The van der Waals surface area contributed by atoms with Crippen LogP contribution in [0, 0.1) is 13.8 Å². The van der Waals surface area contributed by atoms with Crippen LogP contribution in [0.5, 0.6) is 0 Å². The maximum Gasteiger partial charge on any atom is 0.0776 e. The topological polar surface area (TPSA) is 34.0 Å². The van der Waals surface area contributed by atoms with Crippen molar-refractivity contribution in [3.63, 3.8) is 0 Å². The number of nitrogens with zero attached hydrogens (tertiary/aromatic N) is 4. The highest BCUT2D eigenvalue weighted by atomic mass is 15.4. The lowest BCUT2D eigenvalue weighted by Gasteiger charge is -2.39. The fraction of sp³-hybridized carbons (Fsp3) is 0.333. The number of para-hydroxylation sites is 1. The minimum absolute atomic E-state index is 0.511. The SMILES string of the molecule is Cc1cc(C)n(C2CN(Cc3cccc4cccnc34)C2)n1. The van der Waals surface area contributed by atoms with Crippen LogP contribution in [0.1, 0.15) is 23.0 Å². The number of hydrogen-bond acceptors (Lipinski definition) is 3. The summed E-state index contributed by atoms with van der Waals surface area (Å²) in [4.78, 5) is 7.01. The minimum Gasteiger partial charge on any atom is -0.295 e. The molecule has 0 aliphatic carbocycles. The second kappa shape index (κ2) is 5.21. The first kappa shape index (κ1) is 13.5. The van der Waals surface area contributed by atoms with Gasteiger partial charge < -0.3 is 0 Å². The third-order valence-corrected chi connectivity index (χ3v) is 4.44. The highest BCUT2D eigenvalue weighted by molar-refractivity contribution is 5.81. The molecular formula is C18H20N4. The van der Waals surface area contributed by atoms with E-state index in [1.807, 2.05) is 12.3 Å². The highest BCUT2D eigenvalue weighted by Gasteiger charge is 2.29. The molecule has 0 bridgehead atoms. The Kier molecular flexibility index (Phi) is 3.19. The van der Waals surface area contributed by atoms with Gasteiger partial charge in [-0.2, -0.15) is 5.10 Å². The molecule has 1 aromatic carbocycles. The molecule has 1 aliphatic heterocycles. The van der Waals surface area contributed by atoms with Gasteiger partial charge in [-0.05, 0) is 31.5 Å². The van der Waals surface area contributed by atoms with Crippen LogP contribution in [0.15, 0.2) is 42.6 Å². The molecule has 1 aliphatic rings. The Morgan fingerprint density at radius 1 is 1.14 bits per heavy atom. The molecule has 22 heavy (non-hydrogen) atoms. The Morgan fingerprint density at radius 2 is 1.95 bits per heavy atom. The third-order valence-electron chi connectivity index (χ3n) is 4.44. The summed E-state index contributed by atoms with van der Waals surface area (Å²) in [5.74, 6) is 0. The van der Waals surface area contributed by atoms with E-state index in [1.54, 1.807) is 0 Å². The molecule has 4 rings (SSSR count). The highest BCUT2D eigenvalue weighted by Crippen LogP contribution is 2.26. The van der Waals surface area contributed by atoms with Crippen LogP contribution < -0.4 is 0 Å². The van der Waals surface area contributed by atoms with Gasteiger partial charge in [-0.3, -0.25) is 14.6 Å². The van der Waals surface area contributed by atoms with Crippen LogP contribution in [0.4, 0.5) is 0 Å². The Labute approximate surface area is 130 Å². The first-order chi connectivity index (χ1) is 10.7. The smallest absolute Gasteiger partial charge is 0.0776 e. The molecule has 0 amide bonds. The monoisotopic (exact) mass is 292 g/mol. The summed E-state index contributed by atoms with van der Waals surface area (Å²) >= 11 is 0. The van der Waals surface area contributed by atoms with E-state index in [1.165, 1.54) is 16.6 Å². The molecule has 1 fully saturated rings. The molecule has 0 spiro atoms. The number of benzene rings is 1. The Bertz CT molecular complexity index is 810. The number of pyridine rings is 1. The zero-order chi connectivity index (χ0) is 15.1. The van der Waals surface area contributed by atoms with Gasteiger partial charge >= 0.3 is 0 Å². The van der Waals surface area contributed by atoms with Crippen molar-refractivity contribution in [3.8, 4) is 0 Å². The molecule has 0 unspecified atom stereocenters. The molecule has 0 N–H and O–H groups in total. The predicted molar refractivity (Wildman–Crippen MR) is 87.8 cm³/mol. The van der Waals surface area contributed by atoms with E-state index in [-0.39, 0.29) is 0 Å². The first-order valence-corrected chi connectivity index (χ1v) is 7.78. The molecule has 1 saturated heterocycles. The summed E-state index contributed by atoms with van der Waals surface area (Å²) in [7, 11) is 0. The summed E-state index contributed by atoms with van der Waals surface area (Å²) in [5, 5.41) is 5.82. The number of rotatable bonds is 3. The second-order valence-electron chi connectivity index (χ2n) is 6.21. The standard InChI is InChI=1S/C18H20N4/c1-13-9-14(2)22(20-13)17-11-21(12-17)10-16-6-3-5-15-7-4-8-19-18(15)16/h3-9,17H,10-12H2,1-2H3. The molecule has 4 heteroatoms. The molecule has 4 nitrogen and oxygen atoms in total. The Hall–Kier alpha value is -2.20. The quantitative estimate of drug-likeness (QED) is 0.744. The number of fused-ring (bicyclic) bond motifs is 1. The van der Waals surface area contributed by atoms with Gasteiger partial charge in [-0.25, -0.2) is 0 Å². The zero-order valence-electron chi connectivity index (χ0n) is 13.0. The fourth-order valence-corrected chi connectivity index (χ4v) is 3.38. The van der Waals surface area contributed by atoms with E-state index >= 15 is 0 Å². The second-order valence-corrected chi connectivity index (χ2v) is 6.21. The average Bonchev–Trinajstić information content (AvgIpc) is 2.81. The van der Waals surface area contributed by atoms with E-state index in [4.69, 9.17) is 0 Å². The van der Waals surface area contributed by atoms with Gasteiger partial charge in [0, 0.05) is 36.9 Å². The van der Waals surface area contributed by atoms with Gasteiger partial charge in [0.15, 0.2) is 0 Å². The van der Waals surface area contributed by atoms with Crippen molar-refractivity contribution in [1.82, 2.24) is 19.7 Å². The maximum absolute atomic E-state index is 4.60. The van der Waals surface area contributed by atoms with E-state index in [2.05, 4.69) is 63.8 Å². The third kappa shape index (κ3) is 2.29. The van der Waals surface area contributed by atoms with Crippen LogP contribution in [0.25, 0.3) is 10.9 Å². The summed E-state index contributed by atoms with van der Waals surface area (Å²) in [6.45, 7) is 7.28. The van der Waals surface area contributed by atoms with Crippen LogP contribution >= 0.6 is 0 Å². The van der Waals surface area contributed by atoms with Gasteiger partial charge in [-0.15, -0.1) is 0 Å². The molecule has 0 radical (unpaired) electrons. The largest absolute Gasteiger partial charge is 0.295 e. The van der Waals surface area contributed by atoms with Crippen LogP contribution in [0.3, 0.4) is 0 Å².